The van der Waals surface area contributed by atoms with Gasteiger partial charge in [0, 0.05) is 10.9 Å². The van der Waals surface area contributed by atoms with Crippen molar-refractivity contribution in [2.75, 3.05) is 0 Å². The SMILES string of the molecule is C=CC(O)c1nc(-c2ccccc2)cs1. The van der Waals surface area contributed by atoms with Gasteiger partial charge in [-0.15, -0.1) is 17.9 Å². The Kier molecular flexibility index (Phi) is 2.94. The first kappa shape index (κ1) is 10.1. The minimum atomic E-state index is -0.660. The summed E-state index contributed by atoms with van der Waals surface area (Å²) >= 11 is 1.44. The first-order valence-corrected chi connectivity index (χ1v) is 5.50. The Morgan fingerprint density at radius 2 is 2.07 bits per heavy atom. The van der Waals surface area contributed by atoms with Gasteiger partial charge in [-0.05, 0) is 0 Å². The Morgan fingerprint density at radius 1 is 1.33 bits per heavy atom. The highest BCUT2D eigenvalue weighted by Crippen LogP contribution is 2.25. The molecule has 0 aliphatic carbocycles. The summed E-state index contributed by atoms with van der Waals surface area (Å²) in [4.78, 5) is 4.35. The van der Waals surface area contributed by atoms with Crippen LogP contribution in [0.15, 0.2) is 48.4 Å². The number of hydrogen-bond acceptors (Lipinski definition) is 3. The average molecular weight is 217 g/mol. The molecule has 0 amide bonds. The molecule has 0 aliphatic heterocycles. The van der Waals surface area contributed by atoms with E-state index >= 15 is 0 Å². The molecule has 0 aliphatic rings. The summed E-state index contributed by atoms with van der Waals surface area (Å²) in [5.74, 6) is 0. The van der Waals surface area contributed by atoms with Crippen LogP contribution in [0, 0.1) is 0 Å². The van der Waals surface area contributed by atoms with Crippen molar-refractivity contribution in [2.24, 2.45) is 0 Å². The molecule has 15 heavy (non-hydrogen) atoms. The molecule has 0 fully saturated rings. The van der Waals surface area contributed by atoms with Crippen molar-refractivity contribution in [2.45, 2.75) is 6.10 Å². The van der Waals surface area contributed by atoms with E-state index in [1.165, 1.54) is 17.4 Å². The first-order valence-electron chi connectivity index (χ1n) is 4.62. The molecule has 0 bridgehead atoms. The average Bonchev–Trinajstić information content (AvgIpc) is 2.78. The molecule has 1 heterocycles. The Hall–Kier alpha value is -1.45. The fourth-order valence-electron chi connectivity index (χ4n) is 1.27. The largest absolute Gasteiger partial charge is 0.382 e. The molecule has 2 aromatic rings. The van der Waals surface area contributed by atoms with E-state index in [2.05, 4.69) is 11.6 Å². The summed E-state index contributed by atoms with van der Waals surface area (Å²) in [6, 6.07) is 9.91. The zero-order chi connectivity index (χ0) is 10.7. The van der Waals surface area contributed by atoms with Crippen LogP contribution in [0.4, 0.5) is 0 Å². The normalized spacial score (nSPS) is 12.3. The quantitative estimate of drug-likeness (QED) is 0.802. The van der Waals surface area contributed by atoms with Gasteiger partial charge in [0.05, 0.1) is 5.69 Å². The highest BCUT2D eigenvalue weighted by Gasteiger charge is 2.09. The monoisotopic (exact) mass is 217 g/mol. The molecule has 0 saturated heterocycles. The fourth-order valence-corrected chi connectivity index (χ4v) is 2.07. The summed E-state index contributed by atoms with van der Waals surface area (Å²) in [5.41, 5.74) is 1.97. The lowest BCUT2D eigenvalue weighted by Gasteiger charge is -1.98. The molecule has 0 spiro atoms. The molecule has 0 saturated carbocycles. The van der Waals surface area contributed by atoms with Gasteiger partial charge in [-0.25, -0.2) is 4.98 Å². The van der Waals surface area contributed by atoms with Crippen molar-refractivity contribution in [3.8, 4) is 11.3 Å². The van der Waals surface area contributed by atoms with Gasteiger partial charge in [0.1, 0.15) is 11.1 Å². The van der Waals surface area contributed by atoms with Crippen LogP contribution >= 0.6 is 11.3 Å². The number of thiazole rings is 1. The summed E-state index contributed by atoms with van der Waals surface area (Å²) in [5, 5.41) is 12.1. The summed E-state index contributed by atoms with van der Waals surface area (Å²) in [6.45, 7) is 3.54. The lowest BCUT2D eigenvalue weighted by atomic mass is 10.2. The molecular weight excluding hydrogens is 206 g/mol. The molecule has 2 rings (SSSR count). The second-order valence-electron chi connectivity index (χ2n) is 3.12. The predicted octanol–water partition coefficient (Wildman–Crippen LogP) is 3.03. The Bertz CT molecular complexity index is 450. The minimum absolute atomic E-state index is 0.660. The van der Waals surface area contributed by atoms with Gasteiger partial charge >= 0.3 is 0 Å². The summed E-state index contributed by atoms with van der Waals surface area (Å²) in [6.07, 6.45) is 0.820. The summed E-state index contributed by atoms with van der Waals surface area (Å²) in [7, 11) is 0. The van der Waals surface area contributed by atoms with Crippen LogP contribution in [0.3, 0.4) is 0 Å². The maximum absolute atomic E-state index is 9.52. The molecule has 3 heteroatoms. The van der Waals surface area contributed by atoms with Gasteiger partial charge < -0.3 is 5.11 Å². The molecule has 1 aromatic carbocycles. The van der Waals surface area contributed by atoms with Gasteiger partial charge in [0.15, 0.2) is 0 Å². The first-order chi connectivity index (χ1) is 7.31. The van der Waals surface area contributed by atoms with E-state index in [0.717, 1.165) is 11.3 Å². The molecule has 1 unspecified atom stereocenters. The van der Waals surface area contributed by atoms with Crippen LogP contribution < -0.4 is 0 Å². The van der Waals surface area contributed by atoms with Crippen molar-refractivity contribution in [1.29, 1.82) is 0 Å². The zero-order valence-electron chi connectivity index (χ0n) is 8.13. The molecule has 2 nitrogen and oxygen atoms in total. The Balaban J connectivity index is 2.32. The third-order valence-electron chi connectivity index (χ3n) is 2.07. The molecular formula is C12H11NOS. The van der Waals surface area contributed by atoms with Gasteiger partial charge in [-0.1, -0.05) is 36.4 Å². The van der Waals surface area contributed by atoms with Crippen molar-refractivity contribution in [3.63, 3.8) is 0 Å². The van der Waals surface area contributed by atoms with Crippen LogP contribution in [-0.4, -0.2) is 10.1 Å². The highest BCUT2D eigenvalue weighted by molar-refractivity contribution is 7.10. The van der Waals surface area contributed by atoms with E-state index < -0.39 is 6.10 Å². The van der Waals surface area contributed by atoms with E-state index in [1.807, 2.05) is 35.7 Å². The van der Waals surface area contributed by atoms with Gasteiger partial charge in [-0.3, -0.25) is 0 Å². The standard InChI is InChI=1S/C12H11NOS/c1-2-11(14)12-13-10(8-15-12)9-6-4-3-5-7-9/h2-8,11,14H,1H2. The van der Waals surface area contributed by atoms with Crippen LogP contribution in [0.1, 0.15) is 11.1 Å². The Labute approximate surface area is 92.5 Å². The number of nitrogens with zero attached hydrogens (tertiary/aromatic N) is 1. The van der Waals surface area contributed by atoms with Crippen LogP contribution in [-0.2, 0) is 0 Å². The number of benzene rings is 1. The smallest absolute Gasteiger partial charge is 0.126 e. The second-order valence-corrected chi connectivity index (χ2v) is 4.01. The topological polar surface area (TPSA) is 33.1 Å². The van der Waals surface area contributed by atoms with Gasteiger partial charge in [-0.2, -0.15) is 0 Å². The van der Waals surface area contributed by atoms with Gasteiger partial charge in [0.25, 0.3) is 0 Å². The molecule has 1 aromatic heterocycles. The van der Waals surface area contributed by atoms with Gasteiger partial charge in [0.2, 0.25) is 0 Å². The second kappa shape index (κ2) is 4.38. The molecule has 0 radical (unpaired) electrons. The van der Waals surface area contributed by atoms with E-state index in [-0.39, 0.29) is 0 Å². The fraction of sp³-hybridized carbons (Fsp3) is 0.0833. The number of aromatic nitrogens is 1. The maximum atomic E-state index is 9.52. The predicted molar refractivity (Wildman–Crippen MR) is 62.7 cm³/mol. The lowest BCUT2D eigenvalue weighted by molar-refractivity contribution is 0.228. The number of rotatable bonds is 3. The summed E-state index contributed by atoms with van der Waals surface area (Å²) < 4.78 is 0. The molecule has 76 valence electrons. The van der Waals surface area contributed by atoms with E-state index in [0.29, 0.717) is 5.01 Å². The van der Waals surface area contributed by atoms with Crippen LogP contribution in [0.5, 0.6) is 0 Å². The maximum Gasteiger partial charge on any atom is 0.126 e. The number of aliphatic hydroxyl groups excluding tert-OH is 1. The lowest BCUT2D eigenvalue weighted by Crippen LogP contribution is -1.90. The zero-order valence-corrected chi connectivity index (χ0v) is 8.95. The molecule has 1 atom stereocenters. The third-order valence-corrected chi connectivity index (χ3v) is 2.98. The minimum Gasteiger partial charge on any atom is -0.382 e. The van der Waals surface area contributed by atoms with Crippen LogP contribution in [0.2, 0.25) is 0 Å². The van der Waals surface area contributed by atoms with E-state index in [4.69, 9.17) is 0 Å². The Morgan fingerprint density at radius 3 is 2.73 bits per heavy atom. The van der Waals surface area contributed by atoms with Crippen molar-refractivity contribution < 1.29 is 5.11 Å². The van der Waals surface area contributed by atoms with Crippen molar-refractivity contribution in [1.82, 2.24) is 4.98 Å². The third kappa shape index (κ3) is 2.14. The van der Waals surface area contributed by atoms with Crippen LogP contribution in [0.25, 0.3) is 11.3 Å². The number of aliphatic hydroxyl groups is 1. The van der Waals surface area contributed by atoms with E-state index in [1.54, 1.807) is 0 Å². The van der Waals surface area contributed by atoms with Crippen molar-refractivity contribution >= 4 is 11.3 Å². The van der Waals surface area contributed by atoms with E-state index in [9.17, 15) is 5.11 Å². The highest BCUT2D eigenvalue weighted by atomic mass is 32.1. The molecule has 1 N–H and O–H groups in total. The van der Waals surface area contributed by atoms with Crippen molar-refractivity contribution in [3.05, 3.63) is 53.4 Å². The number of hydrogen-bond donors (Lipinski definition) is 1.